The Kier molecular flexibility index (Phi) is 5.26. The van der Waals surface area contributed by atoms with Gasteiger partial charge >= 0.3 is 12.1 Å². The van der Waals surface area contributed by atoms with E-state index in [1.807, 2.05) is 0 Å². The Labute approximate surface area is 140 Å². The predicted octanol–water partition coefficient (Wildman–Crippen LogP) is 2.65. The van der Waals surface area contributed by atoms with Crippen molar-refractivity contribution < 1.29 is 27.8 Å². The molecule has 0 unspecified atom stereocenters. The van der Waals surface area contributed by atoms with Crippen molar-refractivity contribution >= 4 is 11.7 Å². The highest BCUT2D eigenvalue weighted by atomic mass is 19.4. The molecule has 0 saturated carbocycles. The van der Waals surface area contributed by atoms with Crippen LogP contribution in [0.4, 0.5) is 13.2 Å². The number of carboxylic acids is 1. The zero-order chi connectivity index (χ0) is 18.6. The summed E-state index contributed by atoms with van der Waals surface area (Å²) in [4.78, 5) is 14.5. The second-order valence-electron chi connectivity index (χ2n) is 4.94. The molecule has 0 atom stereocenters. The van der Waals surface area contributed by atoms with Gasteiger partial charge in [0.25, 0.3) is 0 Å². The summed E-state index contributed by atoms with van der Waals surface area (Å²) in [5.74, 6) is -1.13. The SMILES string of the molecule is CN/C(C(=O)O)=C1/C=C(OCc2cccnc2C(F)(F)F)C=CC1=N. The molecule has 0 radical (unpaired) electrons. The fourth-order valence-corrected chi connectivity index (χ4v) is 2.15. The van der Waals surface area contributed by atoms with Gasteiger partial charge in [0, 0.05) is 24.4 Å². The number of rotatable bonds is 5. The number of allylic oxidation sites excluding steroid dienone is 4. The summed E-state index contributed by atoms with van der Waals surface area (Å²) in [6.45, 7) is -0.401. The van der Waals surface area contributed by atoms with Crippen molar-refractivity contribution in [3.05, 3.63) is 64.8 Å². The molecule has 1 heterocycles. The molecule has 1 aromatic heterocycles. The molecule has 0 fully saturated rings. The van der Waals surface area contributed by atoms with Crippen LogP contribution >= 0.6 is 0 Å². The molecule has 132 valence electrons. The van der Waals surface area contributed by atoms with Gasteiger partial charge in [-0.15, -0.1) is 0 Å². The highest BCUT2D eigenvalue weighted by Crippen LogP contribution is 2.30. The molecule has 0 bridgehead atoms. The second-order valence-corrected chi connectivity index (χ2v) is 4.94. The van der Waals surface area contributed by atoms with E-state index in [4.69, 9.17) is 15.3 Å². The molecule has 0 spiro atoms. The maximum atomic E-state index is 12.9. The molecule has 1 aliphatic rings. The topological polar surface area (TPSA) is 95.3 Å². The minimum Gasteiger partial charge on any atom is -0.489 e. The van der Waals surface area contributed by atoms with Crippen LogP contribution in [0.2, 0.25) is 0 Å². The molecule has 0 aromatic carbocycles. The summed E-state index contributed by atoms with van der Waals surface area (Å²) in [5.41, 5.74) is -1.40. The zero-order valence-electron chi connectivity index (χ0n) is 13.0. The third-order valence-electron chi connectivity index (χ3n) is 3.28. The maximum absolute atomic E-state index is 12.9. The fraction of sp³-hybridized carbons (Fsp3) is 0.188. The van der Waals surface area contributed by atoms with Crippen LogP contribution in [0.5, 0.6) is 0 Å². The van der Waals surface area contributed by atoms with Crippen LogP contribution in [-0.2, 0) is 22.3 Å². The molecular weight excluding hydrogens is 339 g/mol. The molecule has 6 nitrogen and oxygen atoms in total. The lowest BCUT2D eigenvalue weighted by molar-refractivity contribution is -0.142. The molecule has 1 aromatic rings. The Morgan fingerprint density at radius 2 is 2.12 bits per heavy atom. The van der Waals surface area contributed by atoms with Crippen molar-refractivity contribution in [1.29, 1.82) is 5.41 Å². The van der Waals surface area contributed by atoms with Crippen molar-refractivity contribution in [1.82, 2.24) is 10.3 Å². The van der Waals surface area contributed by atoms with E-state index in [0.29, 0.717) is 0 Å². The number of alkyl halides is 3. The number of aromatic nitrogens is 1. The van der Waals surface area contributed by atoms with Crippen LogP contribution < -0.4 is 5.32 Å². The van der Waals surface area contributed by atoms with Crippen LogP contribution in [0.1, 0.15) is 11.3 Å². The van der Waals surface area contributed by atoms with Gasteiger partial charge < -0.3 is 20.6 Å². The number of aliphatic carboxylic acids is 1. The zero-order valence-corrected chi connectivity index (χ0v) is 13.0. The highest BCUT2D eigenvalue weighted by Gasteiger charge is 2.35. The Morgan fingerprint density at radius 1 is 1.40 bits per heavy atom. The Morgan fingerprint density at radius 3 is 2.72 bits per heavy atom. The third kappa shape index (κ3) is 4.25. The number of hydrogen-bond donors (Lipinski definition) is 3. The van der Waals surface area contributed by atoms with Crippen molar-refractivity contribution in [3.63, 3.8) is 0 Å². The van der Waals surface area contributed by atoms with Crippen LogP contribution in [0.3, 0.4) is 0 Å². The lowest BCUT2D eigenvalue weighted by atomic mass is 10.0. The van der Waals surface area contributed by atoms with Crippen LogP contribution in [0.25, 0.3) is 0 Å². The van der Waals surface area contributed by atoms with Crippen molar-refractivity contribution in [2.24, 2.45) is 0 Å². The summed E-state index contributed by atoms with van der Waals surface area (Å²) in [7, 11) is 1.39. The standard InChI is InChI=1S/C16H14F3N3O3/c1-21-13(15(23)24)11-7-10(4-5-12(11)20)25-8-9-3-2-6-22-14(9)16(17,18)19/h2-7,20-21H,8H2,1H3,(H,23,24)/b13-11-,20-12?. The quantitative estimate of drug-likeness (QED) is 0.708. The number of carbonyl (C=O) groups is 1. The molecule has 0 saturated heterocycles. The summed E-state index contributed by atoms with van der Waals surface area (Å²) < 4.78 is 44.1. The van der Waals surface area contributed by atoms with Gasteiger partial charge in [-0.3, -0.25) is 4.98 Å². The van der Waals surface area contributed by atoms with Crippen molar-refractivity contribution in [2.45, 2.75) is 12.8 Å². The lowest BCUT2D eigenvalue weighted by Crippen LogP contribution is -2.21. The first-order chi connectivity index (χ1) is 11.7. The average Bonchev–Trinajstić information content (AvgIpc) is 2.55. The van der Waals surface area contributed by atoms with Gasteiger partial charge in [0.15, 0.2) is 5.69 Å². The normalized spacial score (nSPS) is 16.3. The number of halogens is 3. The summed E-state index contributed by atoms with van der Waals surface area (Å²) in [6.07, 6.45) is 0.405. The van der Waals surface area contributed by atoms with Crippen LogP contribution in [0.15, 0.2) is 53.6 Å². The number of pyridine rings is 1. The van der Waals surface area contributed by atoms with E-state index in [1.165, 1.54) is 37.4 Å². The number of hydrogen-bond acceptors (Lipinski definition) is 5. The second kappa shape index (κ2) is 7.20. The van der Waals surface area contributed by atoms with E-state index in [0.717, 1.165) is 6.20 Å². The number of ether oxygens (including phenoxy) is 1. The van der Waals surface area contributed by atoms with Crippen LogP contribution in [-0.4, -0.2) is 28.8 Å². The van der Waals surface area contributed by atoms with Gasteiger partial charge in [-0.2, -0.15) is 13.2 Å². The summed E-state index contributed by atoms with van der Waals surface area (Å²) in [6, 6.07) is 2.61. The van der Waals surface area contributed by atoms with Gasteiger partial charge in [-0.25, -0.2) is 4.79 Å². The first kappa shape index (κ1) is 18.2. The van der Waals surface area contributed by atoms with E-state index in [-0.39, 0.29) is 28.3 Å². The van der Waals surface area contributed by atoms with E-state index >= 15 is 0 Å². The molecule has 2 rings (SSSR count). The highest BCUT2D eigenvalue weighted by molar-refractivity contribution is 6.13. The maximum Gasteiger partial charge on any atom is 0.433 e. The van der Waals surface area contributed by atoms with E-state index in [1.54, 1.807) is 0 Å². The summed E-state index contributed by atoms with van der Waals surface area (Å²) >= 11 is 0. The van der Waals surface area contributed by atoms with Gasteiger partial charge in [0.1, 0.15) is 18.1 Å². The fourth-order valence-electron chi connectivity index (χ4n) is 2.15. The molecule has 0 aliphatic heterocycles. The number of carboxylic acid groups (broad SMARTS) is 1. The largest absolute Gasteiger partial charge is 0.489 e. The van der Waals surface area contributed by atoms with Crippen molar-refractivity contribution in [2.75, 3.05) is 7.05 Å². The first-order valence-corrected chi connectivity index (χ1v) is 7.02. The van der Waals surface area contributed by atoms with Gasteiger partial charge in [0.2, 0.25) is 0 Å². The molecule has 1 aliphatic carbocycles. The minimum atomic E-state index is -4.60. The number of likely N-dealkylation sites (N-methyl/N-ethyl adjacent to an activating group) is 1. The van der Waals surface area contributed by atoms with E-state index in [2.05, 4.69) is 10.3 Å². The molecule has 3 N–H and O–H groups in total. The van der Waals surface area contributed by atoms with Gasteiger partial charge in [-0.1, -0.05) is 6.07 Å². The van der Waals surface area contributed by atoms with Gasteiger partial charge in [0.05, 0.1) is 5.71 Å². The van der Waals surface area contributed by atoms with Crippen molar-refractivity contribution in [3.8, 4) is 0 Å². The summed E-state index contributed by atoms with van der Waals surface area (Å²) in [5, 5.41) is 19.4. The van der Waals surface area contributed by atoms with Gasteiger partial charge in [-0.05, 0) is 24.3 Å². The molecule has 25 heavy (non-hydrogen) atoms. The smallest absolute Gasteiger partial charge is 0.433 e. The molecular formula is C16H14F3N3O3. The Bertz CT molecular complexity index is 795. The first-order valence-electron chi connectivity index (χ1n) is 7.02. The monoisotopic (exact) mass is 353 g/mol. The molecule has 0 amide bonds. The van der Waals surface area contributed by atoms with E-state index < -0.39 is 24.4 Å². The Balaban J connectivity index is 2.26. The lowest BCUT2D eigenvalue weighted by Gasteiger charge is -2.16. The number of nitrogens with zero attached hydrogens (tertiary/aromatic N) is 1. The third-order valence-corrected chi connectivity index (χ3v) is 3.28. The predicted molar refractivity (Wildman–Crippen MR) is 82.7 cm³/mol. The van der Waals surface area contributed by atoms with Crippen LogP contribution in [0, 0.1) is 5.41 Å². The Hall–Kier alpha value is -3.10. The average molecular weight is 353 g/mol. The minimum absolute atomic E-state index is 0.0588. The van der Waals surface area contributed by atoms with E-state index in [9.17, 15) is 18.0 Å². The number of nitrogens with one attached hydrogen (secondary N) is 2. The molecule has 9 heteroatoms.